The third kappa shape index (κ3) is 4.48. The minimum atomic E-state index is -0.359. The summed E-state index contributed by atoms with van der Waals surface area (Å²) in [6.45, 7) is 3.29. The van der Waals surface area contributed by atoms with Gasteiger partial charge in [0, 0.05) is 24.7 Å². The van der Waals surface area contributed by atoms with Gasteiger partial charge in [-0.3, -0.25) is 9.59 Å². The van der Waals surface area contributed by atoms with Crippen molar-refractivity contribution in [2.45, 2.75) is 32.2 Å². The first-order valence-corrected chi connectivity index (χ1v) is 8.91. The molecule has 4 nitrogen and oxygen atoms in total. The van der Waals surface area contributed by atoms with Crippen LogP contribution in [0.25, 0.3) is 0 Å². The lowest BCUT2D eigenvalue weighted by molar-refractivity contribution is -0.131. The molecule has 1 saturated heterocycles. The van der Waals surface area contributed by atoms with E-state index in [4.69, 9.17) is 0 Å². The van der Waals surface area contributed by atoms with Crippen LogP contribution >= 0.6 is 0 Å². The van der Waals surface area contributed by atoms with Crippen molar-refractivity contribution in [2.24, 2.45) is 0 Å². The van der Waals surface area contributed by atoms with E-state index in [1.54, 1.807) is 0 Å². The van der Waals surface area contributed by atoms with Gasteiger partial charge in [-0.2, -0.15) is 0 Å². The number of aryl methyl sites for hydroxylation is 1. The molecule has 0 bridgehead atoms. The highest BCUT2D eigenvalue weighted by Gasteiger charge is 2.24. The van der Waals surface area contributed by atoms with E-state index >= 15 is 0 Å². The van der Waals surface area contributed by atoms with Crippen LogP contribution in [0.1, 0.15) is 34.3 Å². The molecule has 0 spiro atoms. The second-order valence-corrected chi connectivity index (χ2v) is 6.74. The quantitative estimate of drug-likeness (QED) is 0.917. The van der Waals surface area contributed by atoms with Crippen molar-refractivity contribution >= 4 is 11.8 Å². The first kappa shape index (κ1) is 18.1. The number of carbonyl (C=O) groups is 2. The average molecular weight is 354 g/mol. The maximum absolute atomic E-state index is 12.9. The number of benzene rings is 2. The zero-order valence-electron chi connectivity index (χ0n) is 14.9. The zero-order valence-corrected chi connectivity index (χ0v) is 14.9. The van der Waals surface area contributed by atoms with E-state index in [-0.39, 0.29) is 23.7 Å². The molecule has 2 aromatic rings. The molecular weight excluding hydrogens is 331 g/mol. The number of carbonyl (C=O) groups excluding carboxylic acids is 2. The maximum atomic E-state index is 12.9. The van der Waals surface area contributed by atoms with E-state index in [9.17, 15) is 14.0 Å². The number of rotatable bonds is 4. The third-order valence-electron chi connectivity index (χ3n) is 4.89. The van der Waals surface area contributed by atoms with E-state index in [1.807, 2.05) is 36.1 Å². The number of nitrogens with one attached hydrogen (secondary N) is 1. The zero-order chi connectivity index (χ0) is 18.5. The number of hydrogen-bond donors (Lipinski definition) is 1. The fraction of sp³-hybridized carbons (Fsp3) is 0.333. The highest BCUT2D eigenvalue weighted by Crippen LogP contribution is 2.15. The molecule has 3 rings (SSSR count). The van der Waals surface area contributed by atoms with E-state index in [0.29, 0.717) is 25.1 Å². The summed E-state index contributed by atoms with van der Waals surface area (Å²) in [4.78, 5) is 26.6. The summed E-state index contributed by atoms with van der Waals surface area (Å²) in [5.41, 5.74) is 2.64. The highest BCUT2D eigenvalue weighted by atomic mass is 19.1. The number of nitrogens with zero attached hydrogens (tertiary/aromatic N) is 1. The summed E-state index contributed by atoms with van der Waals surface area (Å²) in [7, 11) is 0. The molecule has 2 amide bonds. The number of halogens is 1. The Morgan fingerprint density at radius 3 is 2.38 bits per heavy atom. The number of hydrogen-bond acceptors (Lipinski definition) is 2. The van der Waals surface area contributed by atoms with Crippen molar-refractivity contribution in [3.63, 3.8) is 0 Å². The van der Waals surface area contributed by atoms with Gasteiger partial charge < -0.3 is 10.2 Å². The summed E-state index contributed by atoms with van der Waals surface area (Å²) in [6, 6.07) is 13.5. The molecule has 0 unspecified atom stereocenters. The Kier molecular flexibility index (Phi) is 5.66. The average Bonchev–Trinajstić information content (AvgIpc) is 2.64. The molecular formula is C21H23FN2O2. The molecule has 5 heteroatoms. The van der Waals surface area contributed by atoms with E-state index in [0.717, 1.165) is 24.0 Å². The number of amides is 2. The smallest absolute Gasteiger partial charge is 0.251 e. The van der Waals surface area contributed by atoms with Crippen molar-refractivity contribution in [1.82, 2.24) is 10.2 Å². The SMILES string of the molecule is Cc1ccccc1CC(=O)N1CCC(NC(=O)c2ccc(F)cc2)CC1. The fourth-order valence-corrected chi connectivity index (χ4v) is 3.23. The Balaban J connectivity index is 1.49. The van der Waals surface area contributed by atoms with Gasteiger partial charge in [0.25, 0.3) is 5.91 Å². The highest BCUT2D eigenvalue weighted by molar-refractivity contribution is 5.94. The van der Waals surface area contributed by atoms with Crippen LogP contribution in [0.5, 0.6) is 0 Å². The van der Waals surface area contributed by atoms with E-state index < -0.39 is 0 Å². The van der Waals surface area contributed by atoms with Gasteiger partial charge in [0.1, 0.15) is 5.82 Å². The topological polar surface area (TPSA) is 49.4 Å². The molecule has 0 atom stereocenters. The Hall–Kier alpha value is -2.69. The van der Waals surface area contributed by atoms with Gasteiger partial charge in [-0.05, 0) is 55.2 Å². The summed E-state index contributed by atoms with van der Waals surface area (Å²) in [6.07, 6.45) is 1.87. The van der Waals surface area contributed by atoms with Gasteiger partial charge in [-0.25, -0.2) is 4.39 Å². The Morgan fingerprint density at radius 1 is 1.08 bits per heavy atom. The second kappa shape index (κ2) is 8.13. The molecule has 0 aliphatic carbocycles. The normalized spacial score (nSPS) is 14.9. The summed E-state index contributed by atoms with van der Waals surface area (Å²) in [5.74, 6) is -0.431. The second-order valence-electron chi connectivity index (χ2n) is 6.74. The van der Waals surface area contributed by atoms with Crippen molar-refractivity contribution in [3.05, 3.63) is 71.0 Å². The number of likely N-dealkylation sites (tertiary alicyclic amines) is 1. The van der Waals surface area contributed by atoms with Crippen LogP contribution in [-0.2, 0) is 11.2 Å². The summed E-state index contributed by atoms with van der Waals surface area (Å²) in [5, 5.41) is 2.97. The van der Waals surface area contributed by atoms with E-state index in [2.05, 4.69) is 5.32 Å². The predicted molar refractivity (Wildman–Crippen MR) is 98.4 cm³/mol. The van der Waals surface area contributed by atoms with Crippen LogP contribution in [0.15, 0.2) is 48.5 Å². The number of piperidine rings is 1. The molecule has 1 aliphatic heterocycles. The monoisotopic (exact) mass is 354 g/mol. The Labute approximate surface area is 153 Å². The van der Waals surface area contributed by atoms with Gasteiger partial charge >= 0.3 is 0 Å². The molecule has 1 heterocycles. The van der Waals surface area contributed by atoms with Crippen molar-refractivity contribution in [1.29, 1.82) is 0 Å². The van der Waals surface area contributed by atoms with E-state index in [1.165, 1.54) is 24.3 Å². The molecule has 1 aliphatic rings. The molecule has 0 radical (unpaired) electrons. The third-order valence-corrected chi connectivity index (χ3v) is 4.89. The predicted octanol–water partition coefficient (Wildman–Crippen LogP) is 3.10. The standard InChI is InChI=1S/C21H23FN2O2/c1-15-4-2-3-5-17(15)14-20(25)24-12-10-19(11-13-24)23-21(26)16-6-8-18(22)9-7-16/h2-9,19H,10-14H2,1H3,(H,23,26). The molecule has 26 heavy (non-hydrogen) atoms. The largest absolute Gasteiger partial charge is 0.349 e. The summed E-state index contributed by atoms with van der Waals surface area (Å²) < 4.78 is 12.9. The Bertz CT molecular complexity index is 781. The minimum Gasteiger partial charge on any atom is -0.349 e. The Morgan fingerprint density at radius 2 is 1.73 bits per heavy atom. The molecule has 1 fully saturated rings. The lowest BCUT2D eigenvalue weighted by Crippen LogP contribution is -2.47. The molecule has 2 aromatic carbocycles. The van der Waals surface area contributed by atoms with Gasteiger partial charge in [-0.15, -0.1) is 0 Å². The van der Waals surface area contributed by atoms with Gasteiger partial charge in [0.05, 0.1) is 6.42 Å². The summed E-state index contributed by atoms with van der Waals surface area (Å²) >= 11 is 0. The molecule has 0 aromatic heterocycles. The maximum Gasteiger partial charge on any atom is 0.251 e. The van der Waals surface area contributed by atoms with Gasteiger partial charge in [0.2, 0.25) is 5.91 Å². The molecule has 0 saturated carbocycles. The van der Waals surface area contributed by atoms with Gasteiger partial charge in [0.15, 0.2) is 0 Å². The van der Waals surface area contributed by atoms with Crippen LogP contribution in [0.2, 0.25) is 0 Å². The lowest BCUT2D eigenvalue weighted by atomic mass is 10.0. The van der Waals surface area contributed by atoms with Crippen molar-refractivity contribution in [3.8, 4) is 0 Å². The van der Waals surface area contributed by atoms with Crippen LogP contribution in [0.4, 0.5) is 4.39 Å². The first-order valence-electron chi connectivity index (χ1n) is 8.91. The van der Waals surface area contributed by atoms with Crippen molar-refractivity contribution in [2.75, 3.05) is 13.1 Å². The molecule has 1 N–H and O–H groups in total. The fourth-order valence-electron chi connectivity index (χ4n) is 3.23. The minimum absolute atomic E-state index is 0.0371. The van der Waals surface area contributed by atoms with Crippen LogP contribution < -0.4 is 5.32 Å². The van der Waals surface area contributed by atoms with Crippen LogP contribution in [0, 0.1) is 12.7 Å². The molecule has 136 valence electrons. The van der Waals surface area contributed by atoms with Gasteiger partial charge in [-0.1, -0.05) is 24.3 Å². The van der Waals surface area contributed by atoms with Crippen LogP contribution in [0.3, 0.4) is 0 Å². The first-order chi connectivity index (χ1) is 12.5. The van der Waals surface area contributed by atoms with Crippen molar-refractivity contribution < 1.29 is 14.0 Å². The van der Waals surface area contributed by atoms with Crippen LogP contribution in [-0.4, -0.2) is 35.8 Å². The lowest BCUT2D eigenvalue weighted by Gasteiger charge is -2.32.